The monoisotopic (exact) mass is 316 g/mol. The van der Waals surface area contributed by atoms with Crippen LogP contribution in [0.25, 0.3) is 0 Å². The van der Waals surface area contributed by atoms with Crippen LogP contribution in [0.1, 0.15) is 25.3 Å². The van der Waals surface area contributed by atoms with Crippen molar-refractivity contribution in [3.8, 4) is 0 Å². The molecule has 3 N–H and O–H groups in total. The predicted octanol–water partition coefficient (Wildman–Crippen LogP) is 1.81. The number of aryl methyl sites for hydroxylation is 1. The Kier molecular flexibility index (Phi) is 4.85. The van der Waals surface area contributed by atoms with Crippen molar-refractivity contribution in [2.45, 2.75) is 37.6 Å². The van der Waals surface area contributed by atoms with Crippen LogP contribution in [0.3, 0.4) is 0 Å². The molecular formula is C14H21FN2O3S. The van der Waals surface area contributed by atoms with Gasteiger partial charge in [0.05, 0.1) is 0 Å². The minimum Gasteiger partial charge on any atom is -0.398 e. The van der Waals surface area contributed by atoms with E-state index >= 15 is 0 Å². The van der Waals surface area contributed by atoms with Gasteiger partial charge in [-0.15, -0.1) is 0 Å². The minimum atomic E-state index is -3.92. The average molecular weight is 316 g/mol. The number of halogens is 1. The molecule has 1 heterocycles. The highest BCUT2D eigenvalue weighted by Crippen LogP contribution is 2.24. The van der Waals surface area contributed by atoms with Gasteiger partial charge in [0, 0.05) is 24.9 Å². The summed E-state index contributed by atoms with van der Waals surface area (Å²) in [5.41, 5.74) is 6.46. The van der Waals surface area contributed by atoms with Gasteiger partial charge in [0.15, 0.2) is 0 Å². The van der Waals surface area contributed by atoms with Crippen molar-refractivity contribution < 1.29 is 17.5 Å². The van der Waals surface area contributed by atoms with Crippen molar-refractivity contribution >= 4 is 15.7 Å². The molecule has 1 fully saturated rings. The molecule has 5 nitrogen and oxygen atoms in total. The zero-order chi connectivity index (χ0) is 15.6. The molecule has 0 spiro atoms. The van der Waals surface area contributed by atoms with E-state index in [1.807, 2.05) is 0 Å². The quantitative estimate of drug-likeness (QED) is 0.830. The molecule has 1 aliphatic rings. The minimum absolute atomic E-state index is 0.194. The normalized spacial score (nSPS) is 18.6. The maximum absolute atomic E-state index is 13.9. The van der Waals surface area contributed by atoms with Crippen LogP contribution in [0, 0.1) is 18.7 Å². The smallest absolute Gasteiger partial charge is 0.243 e. The van der Waals surface area contributed by atoms with Crippen LogP contribution >= 0.6 is 0 Å². The molecule has 0 amide bonds. The molecule has 1 aromatic rings. The molecule has 1 saturated heterocycles. The molecule has 0 aliphatic carbocycles. The van der Waals surface area contributed by atoms with E-state index < -0.39 is 20.7 Å². The third-order valence-electron chi connectivity index (χ3n) is 3.92. The lowest BCUT2D eigenvalue weighted by Crippen LogP contribution is -2.40. The summed E-state index contributed by atoms with van der Waals surface area (Å²) in [6, 6.07) is 2.04. The molecule has 1 atom stereocenters. The highest BCUT2D eigenvalue weighted by atomic mass is 32.2. The van der Waals surface area contributed by atoms with Gasteiger partial charge in [-0.2, -0.15) is 0 Å². The van der Waals surface area contributed by atoms with Crippen LogP contribution in [-0.4, -0.2) is 27.7 Å². The molecule has 7 heteroatoms. The first-order valence-corrected chi connectivity index (χ1v) is 8.45. The maximum atomic E-state index is 13.9. The summed E-state index contributed by atoms with van der Waals surface area (Å²) in [7, 11) is -3.92. The zero-order valence-corrected chi connectivity index (χ0v) is 13.0. The topological polar surface area (TPSA) is 81.4 Å². The number of benzene rings is 1. The zero-order valence-electron chi connectivity index (χ0n) is 12.2. The first-order valence-electron chi connectivity index (χ1n) is 6.97. The van der Waals surface area contributed by atoms with E-state index in [-0.39, 0.29) is 17.6 Å². The third-order valence-corrected chi connectivity index (χ3v) is 5.50. The fraction of sp³-hybridized carbons (Fsp3) is 0.571. The van der Waals surface area contributed by atoms with Gasteiger partial charge in [-0.1, -0.05) is 0 Å². The van der Waals surface area contributed by atoms with Crippen LogP contribution in [-0.2, 0) is 14.8 Å². The number of hydrogen-bond donors (Lipinski definition) is 2. The Morgan fingerprint density at radius 3 is 2.62 bits per heavy atom. The summed E-state index contributed by atoms with van der Waals surface area (Å²) in [6.07, 6.45) is 1.59. The van der Waals surface area contributed by atoms with Crippen molar-refractivity contribution in [2.24, 2.45) is 5.92 Å². The Morgan fingerprint density at radius 2 is 2.00 bits per heavy atom. The van der Waals surface area contributed by atoms with Crippen LogP contribution in [0.5, 0.6) is 0 Å². The van der Waals surface area contributed by atoms with E-state index in [4.69, 9.17) is 10.5 Å². The average Bonchev–Trinajstić information content (AvgIpc) is 2.43. The second kappa shape index (κ2) is 6.29. The number of rotatable bonds is 4. The van der Waals surface area contributed by atoms with Gasteiger partial charge in [0.25, 0.3) is 0 Å². The number of anilines is 1. The van der Waals surface area contributed by atoms with Crippen molar-refractivity contribution in [2.75, 3.05) is 18.9 Å². The summed E-state index contributed by atoms with van der Waals surface area (Å²) in [4.78, 5) is -0.399. The molecule has 1 aromatic carbocycles. The lowest BCUT2D eigenvalue weighted by atomic mass is 9.94. The second-order valence-corrected chi connectivity index (χ2v) is 7.18. The Balaban J connectivity index is 2.20. The Hall–Kier alpha value is -1.18. The molecule has 21 heavy (non-hydrogen) atoms. The SMILES string of the molecule is Cc1cc(F)c(S(=O)(=O)NC(C)C2CCOCC2)cc1N. The van der Waals surface area contributed by atoms with Crippen molar-refractivity contribution in [3.05, 3.63) is 23.5 Å². The first-order chi connectivity index (χ1) is 9.81. The van der Waals surface area contributed by atoms with E-state index in [0.29, 0.717) is 18.8 Å². The first kappa shape index (κ1) is 16.2. The van der Waals surface area contributed by atoms with Crippen molar-refractivity contribution in [1.82, 2.24) is 4.72 Å². The van der Waals surface area contributed by atoms with E-state index in [1.54, 1.807) is 13.8 Å². The van der Waals surface area contributed by atoms with Gasteiger partial charge in [0.1, 0.15) is 10.7 Å². The van der Waals surface area contributed by atoms with Crippen LogP contribution in [0.4, 0.5) is 10.1 Å². The highest BCUT2D eigenvalue weighted by Gasteiger charge is 2.27. The van der Waals surface area contributed by atoms with Gasteiger partial charge in [-0.05, 0) is 50.3 Å². The number of sulfonamides is 1. The van der Waals surface area contributed by atoms with E-state index in [0.717, 1.165) is 18.9 Å². The van der Waals surface area contributed by atoms with E-state index in [1.165, 1.54) is 6.07 Å². The van der Waals surface area contributed by atoms with Crippen LogP contribution in [0.15, 0.2) is 17.0 Å². The van der Waals surface area contributed by atoms with Gasteiger partial charge in [0.2, 0.25) is 10.0 Å². The Morgan fingerprint density at radius 1 is 1.38 bits per heavy atom. The van der Waals surface area contributed by atoms with Crippen LogP contribution in [0.2, 0.25) is 0 Å². The molecule has 0 radical (unpaired) electrons. The third kappa shape index (κ3) is 3.72. The summed E-state index contributed by atoms with van der Waals surface area (Å²) in [5, 5.41) is 0. The number of nitrogens with one attached hydrogen (secondary N) is 1. The number of hydrogen-bond acceptors (Lipinski definition) is 4. The Labute approximate surface area is 124 Å². The van der Waals surface area contributed by atoms with Crippen LogP contribution < -0.4 is 10.5 Å². The summed E-state index contributed by atoms with van der Waals surface area (Å²) >= 11 is 0. The van der Waals surface area contributed by atoms with Gasteiger partial charge >= 0.3 is 0 Å². The molecule has 2 rings (SSSR count). The van der Waals surface area contributed by atoms with Crippen molar-refractivity contribution in [3.63, 3.8) is 0 Å². The van der Waals surface area contributed by atoms with Gasteiger partial charge in [-0.25, -0.2) is 17.5 Å². The van der Waals surface area contributed by atoms with E-state index in [2.05, 4.69) is 4.72 Å². The molecular weight excluding hydrogens is 295 g/mol. The molecule has 1 aliphatic heterocycles. The van der Waals surface area contributed by atoms with Gasteiger partial charge < -0.3 is 10.5 Å². The molecule has 0 bridgehead atoms. The van der Waals surface area contributed by atoms with Gasteiger partial charge in [-0.3, -0.25) is 0 Å². The molecule has 118 valence electrons. The standard InChI is InChI=1S/C14H21FN2O3S/c1-9-7-12(15)14(8-13(9)16)21(18,19)17-10(2)11-3-5-20-6-4-11/h7-8,10-11,17H,3-6,16H2,1-2H3. The Bertz CT molecular complexity index is 613. The summed E-state index contributed by atoms with van der Waals surface area (Å²) < 4.78 is 46.4. The molecule has 0 saturated carbocycles. The largest absolute Gasteiger partial charge is 0.398 e. The van der Waals surface area contributed by atoms with E-state index in [9.17, 15) is 12.8 Å². The highest BCUT2D eigenvalue weighted by molar-refractivity contribution is 7.89. The number of nitrogen functional groups attached to an aromatic ring is 1. The summed E-state index contributed by atoms with van der Waals surface area (Å²) in [6.45, 7) is 4.68. The lowest BCUT2D eigenvalue weighted by molar-refractivity contribution is 0.0585. The number of ether oxygens (including phenoxy) is 1. The lowest BCUT2D eigenvalue weighted by Gasteiger charge is -2.28. The number of nitrogens with two attached hydrogens (primary N) is 1. The van der Waals surface area contributed by atoms with Crippen molar-refractivity contribution in [1.29, 1.82) is 0 Å². The second-order valence-electron chi connectivity index (χ2n) is 5.50. The maximum Gasteiger partial charge on any atom is 0.243 e. The molecule has 1 unspecified atom stereocenters. The fourth-order valence-corrected chi connectivity index (χ4v) is 3.90. The summed E-state index contributed by atoms with van der Waals surface area (Å²) in [5.74, 6) is -0.590. The predicted molar refractivity (Wildman–Crippen MR) is 78.9 cm³/mol. The fourth-order valence-electron chi connectivity index (χ4n) is 2.49. The molecule has 0 aromatic heterocycles.